The number of benzene rings is 2. The molecule has 2 amide bonds. The van der Waals surface area contributed by atoms with Gasteiger partial charge >= 0.3 is 0 Å². The van der Waals surface area contributed by atoms with Crippen LogP contribution in [0.4, 0.5) is 0 Å². The number of hydrogen-bond donors (Lipinski definition) is 4. The summed E-state index contributed by atoms with van der Waals surface area (Å²) >= 11 is 18.9. The summed E-state index contributed by atoms with van der Waals surface area (Å²) in [5.74, 6) is -0.726. The van der Waals surface area contributed by atoms with E-state index < -0.39 is 0 Å². The van der Waals surface area contributed by atoms with Crippen molar-refractivity contribution in [1.29, 1.82) is 0 Å². The van der Waals surface area contributed by atoms with Crippen LogP contribution in [0.25, 0.3) is 0 Å². The molecular formula is C16H14AuN4O2S4-2. The van der Waals surface area contributed by atoms with Crippen molar-refractivity contribution in [2.24, 2.45) is 11.5 Å². The summed E-state index contributed by atoms with van der Waals surface area (Å²) in [6.07, 6.45) is 0. The van der Waals surface area contributed by atoms with E-state index in [4.69, 9.17) is 36.7 Å². The van der Waals surface area contributed by atoms with Gasteiger partial charge in [0.1, 0.15) is 0 Å². The zero-order valence-corrected chi connectivity index (χ0v) is 19.0. The molecule has 0 saturated heterocycles. The maximum Gasteiger partial charge on any atom is 0.255 e. The van der Waals surface area contributed by atoms with Gasteiger partial charge in [0, 0.05) is 33.5 Å². The third kappa shape index (κ3) is 9.20. The van der Waals surface area contributed by atoms with E-state index in [1.54, 1.807) is 48.5 Å². The van der Waals surface area contributed by atoms with Gasteiger partial charge in [0.25, 0.3) is 11.8 Å². The number of nitrogens with two attached hydrogens (primary N) is 2. The molecular weight excluding hydrogens is 605 g/mol. The minimum absolute atomic E-state index is 0. The van der Waals surface area contributed by atoms with E-state index in [1.165, 1.54) is 0 Å². The van der Waals surface area contributed by atoms with Crippen molar-refractivity contribution in [3.05, 3.63) is 59.7 Å². The standard InChI is InChI=1S/2C8H8N2OS2.Au/c2*9-8(13)10-7(11)5-3-1-2-4-6(5)12;/h2*1-4,12H,(H3,9,10,11,13);/p-2. The number of hydrogen-bond acceptors (Lipinski definition) is 6. The second kappa shape index (κ2) is 12.7. The first-order valence-corrected chi connectivity index (χ1v) is 8.59. The topological polar surface area (TPSA) is 110 Å². The second-order valence-electron chi connectivity index (χ2n) is 4.63. The van der Waals surface area contributed by atoms with Gasteiger partial charge in [-0.15, -0.1) is 0 Å². The molecule has 0 spiro atoms. The molecule has 6 nitrogen and oxygen atoms in total. The van der Waals surface area contributed by atoms with Crippen LogP contribution in [0.15, 0.2) is 58.3 Å². The molecule has 147 valence electrons. The van der Waals surface area contributed by atoms with Gasteiger partial charge in [0.2, 0.25) is 0 Å². The zero-order valence-electron chi connectivity index (χ0n) is 13.5. The number of carbonyl (C=O) groups excluding carboxylic acids is 2. The van der Waals surface area contributed by atoms with E-state index >= 15 is 0 Å². The van der Waals surface area contributed by atoms with E-state index in [9.17, 15) is 9.59 Å². The molecule has 2 aromatic rings. The molecule has 0 bridgehead atoms. The number of rotatable bonds is 2. The molecule has 0 aliphatic carbocycles. The summed E-state index contributed by atoms with van der Waals surface area (Å²) in [6.45, 7) is 0. The number of amides is 2. The first-order valence-electron chi connectivity index (χ1n) is 6.96. The molecule has 27 heavy (non-hydrogen) atoms. The molecule has 2 aromatic carbocycles. The van der Waals surface area contributed by atoms with Crippen LogP contribution in [0.5, 0.6) is 0 Å². The van der Waals surface area contributed by atoms with Crippen LogP contribution in [0.1, 0.15) is 20.7 Å². The summed E-state index contributed by atoms with van der Waals surface area (Å²) in [6, 6.07) is 13.6. The molecule has 0 atom stereocenters. The van der Waals surface area contributed by atoms with Crippen molar-refractivity contribution >= 4 is 71.7 Å². The normalized spacial score (nSPS) is 8.89. The van der Waals surface area contributed by atoms with Crippen molar-refractivity contribution in [2.45, 2.75) is 9.79 Å². The smallest absolute Gasteiger partial charge is 0.255 e. The Morgan fingerprint density at radius 3 is 1.30 bits per heavy atom. The molecule has 0 saturated carbocycles. The van der Waals surface area contributed by atoms with Gasteiger partial charge in [-0.05, 0) is 24.4 Å². The van der Waals surface area contributed by atoms with Crippen LogP contribution < -0.4 is 22.1 Å². The Labute approximate surface area is 194 Å². The molecule has 6 N–H and O–H groups in total. The van der Waals surface area contributed by atoms with Gasteiger partial charge in [-0.2, -0.15) is 9.79 Å². The number of thiocarbonyl (C=S) groups is 2. The predicted octanol–water partition coefficient (Wildman–Crippen LogP) is 1.13. The van der Waals surface area contributed by atoms with Gasteiger partial charge in [-0.25, -0.2) is 0 Å². The fourth-order valence-corrected chi connectivity index (χ4v) is 2.33. The SMILES string of the molecule is NC(=S)NC(=O)c1ccccc1[S-].NC(=S)NC(=O)c1ccccc1[S-].[Au]. The summed E-state index contributed by atoms with van der Waals surface area (Å²) < 4.78 is 0. The zero-order chi connectivity index (χ0) is 19.7. The summed E-state index contributed by atoms with van der Waals surface area (Å²) in [5.41, 5.74) is 11.1. The van der Waals surface area contributed by atoms with Gasteiger partial charge in [0.15, 0.2) is 10.2 Å². The first kappa shape index (κ1) is 25.3. The minimum Gasteiger partial charge on any atom is -0.779 e. The Morgan fingerprint density at radius 2 is 1.04 bits per heavy atom. The van der Waals surface area contributed by atoms with E-state index in [0.717, 1.165) is 0 Å². The van der Waals surface area contributed by atoms with Crippen LogP contribution >= 0.6 is 24.4 Å². The monoisotopic (exact) mass is 619 g/mol. The fourth-order valence-electron chi connectivity index (χ4n) is 1.67. The summed E-state index contributed by atoms with van der Waals surface area (Å²) in [5, 5.41) is 4.50. The Kier molecular flexibility index (Phi) is 11.9. The number of nitrogens with one attached hydrogen (secondary N) is 2. The third-order valence-electron chi connectivity index (χ3n) is 2.74. The van der Waals surface area contributed by atoms with E-state index in [2.05, 4.69) is 35.1 Å². The average Bonchev–Trinajstić information content (AvgIpc) is 2.55. The van der Waals surface area contributed by atoms with Crippen LogP contribution in [0.2, 0.25) is 0 Å². The summed E-state index contributed by atoms with van der Waals surface area (Å²) in [7, 11) is 0. The molecule has 0 heterocycles. The largest absolute Gasteiger partial charge is 0.779 e. The Morgan fingerprint density at radius 1 is 0.741 bits per heavy atom. The van der Waals surface area contributed by atoms with E-state index in [1.807, 2.05) is 0 Å². The molecule has 0 aliphatic heterocycles. The summed E-state index contributed by atoms with van der Waals surface area (Å²) in [4.78, 5) is 23.6. The minimum atomic E-state index is -0.363. The second-order valence-corrected chi connectivity index (χ2v) is 6.39. The van der Waals surface area contributed by atoms with Crippen LogP contribution in [-0.2, 0) is 47.6 Å². The molecule has 0 unspecified atom stereocenters. The van der Waals surface area contributed by atoms with Gasteiger partial charge in [-0.3, -0.25) is 20.2 Å². The van der Waals surface area contributed by atoms with E-state index in [0.29, 0.717) is 20.9 Å². The van der Waals surface area contributed by atoms with Crippen molar-refractivity contribution in [1.82, 2.24) is 10.6 Å². The van der Waals surface area contributed by atoms with Crippen molar-refractivity contribution in [3.8, 4) is 0 Å². The van der Waals surface area contributed by atoms with Gasteiger partial charge < -0.3 is 36.7 Å². The molecule has 2 rings (SSSR count). The first-order chi connectivity index (χ1) is 12.2. The maximum atomic E-state index is 11.3. The molecule has 0 aliphatic rings. The molecule has 0 fully saturated rings. The maximum absolute atomic E-state index is 11.3. The van der Waals surface area contributed by atoms with Crippen LogP contribution in [0.3, 0.4) is 0 Å². The Balaban J connectivity index is 0.000000483. The average molecular weight is 620 g/mol. The number of carbonyl (C=O) groups is 2. The molecule has 0 aromatic heterocycles. The molecule has 1 radical (unpaired) electrons. The molecule has 11 heteroatoms. The van der Waals surface area contributed by atoms with Crippen molar-refractivity contribution in [2.75, 3.05) is 0 Å². The van der Waals surface area contributed by atoms with Gasteiger partial charge in [0.05, 0.1) is 0 Å². The Bertz CT molecular complexity index is 779. The van der Waals surface area contributed by atoms with E-state index in [-0.39, 0.29) is 44.4 Å². The van der Waals surface area contributed by atoms with Crippen molar-refractivity contribution in [3.63, 3.8) is 0 Å². The van der Waals surface area contributed by atoms with Crippen molar-refractivity contribution < 1.29 is 32.0 Å². The van der Waals surface area contributed by atoms with Gasteiger partial charge in [-0.1, -0.05) is 48.5 Å². The Hall–Kier alpha value is -1.66. The van der Waals surface area contributed by atoms with Crippen LogP contribution in [0, 0.1) is 0 Å². The van der Waals surface area contributed by atoms with Crippen LogP contribution in [-0.4, -0.2) is 22.0 Å². The third-order valence-corrected chi connectivity index (χ3v) is 3.65. The quantitative estimate of drug-likeness (QED) is 0.225. The predicted molar refractivity (Wildman–Crippen MR) is 113 cm³/mol. The fraction of sp³-hybridized carbons (Fsp3) is 0.